The number of nitro benzene ring substituents is 1. The highest BCUT2D eigenvalue weighted by atomic mass is 79.9. The first-order valence-electron chi connectivity index (χ1n) is 7.53. The smallest absolute Gasteiger partial charge is 0.287 e. The van der Waals surface area contributed by atoms with Gasteiger partial charge in [0.25, 0.3) is 11.6 Å². The maximum absolute atomic E-state index is 13.7. The summed E-state index contributed by atoms with van der Waals surface area (Å²) >= 11 is 3.08. The van der Waals surface area contributed by atoms with Crippen LogP contribution in [0.5, 0.6) is 0 Å². The van der Waals surface area contributed by atoms with E-state index in [0.29, 0.717) is 12.1 Å². The zero-order valence-corrected chi connectivity index (χ0v) is 15.4. The summed E-state index contributed by atoms with van der Waals surface area (Å²) in [5.74, 6) is -1.19. The SMILES string of the molecule is CN(C(=O)c1cc(F)cc([N+](=O)[O-])c1Br)C1CC2CCC(C1)N2.Cl. The van der Waals surface area contributed by atoms with Gasteiger partial charge in [0.05, 0.1) is 16.6 Å². The number of hydrogen-bond acceptors (Lipinski definition) is 4. The zero-order chi connectivity index (χ0) is 16.7. The Balaban J connectivity index is 0.00000208. The van der Waals surface area contributed by atoms with Crippen LogP contribution in [0.15, 0.2) is 16.6 Å². The largest absolute Gasteiger partial charge is 0.339 e. The Labute approximate surface area is 153 Å². The van der Waals surface area contributed by atoms with Gasteiger partial charge >= 0.3 is 0 Å². The Morgan fingerprint density at radius 1 is 1.38 bits per heavy atom. The van der Waals surface area contributed by atoms with Crippen LogP contribution < -0.4 is 5.32 Å². The van der Waals surface area contributed by atoms with E-state index in [4.69, 9.17) is 0 Å². The van der Waals surface area contributed by atoms with E-state index in [0.717, 1.165) is 37.8 Å². The van der Waals surface area contributed by atoms with E-state index in [9.17, 15) is 19.3 Å². The van der Waals surface area contributed by atoms with Crippen molar-refractivity contribution in [3.63, 3.8) is 0 Å². The molecule has 2 heterocycles. The lowest BCUT2D eigenvalue weighted by molar-refractivity contribution is -0.385. The van der Waals surface area contributed by atoms with Crippen LogP contribution in [0.2, 0.25) is 0 Å². The van der Waals surface area contributed by atoms with Crippen molar-refractivity contribution in [2.24, 2.45) is 0 Å². The molecule has 2 aliphatic heterocycles. The normalized spacial score (nSPS) is 25.0. The van der Waals surface area contributed by atoms with Crippen LogP contribution in [0.1, 0.15) is 36.0 Å². The maximum atomic E-state index is 13.7. The number of amides is 1. The highest BCUT2D eigenvalue weighted by Crippen LogP contribution is 2.33. The van der Waals surface area contributed by atoms with E-state index in [1.165, 1.54) is 0 Å². The van der Waals surface area contributed by atoms with Gasteiger partial charge < -0.3 is 10.2 Å². The van der Waals surface area contributed by atoms with Gasteiger partial charge in [-0.3, -0.25) is 14.9 Å². The van der Waals surface area contributed by atoms with Crippen LogP contribution in [0, 0.1) is 15.9 Å². The lowest BCUT2D eigenvalue weighted by Crippen LogP contribution is -2.48. The highest BCUT2D eigenvalue weighted by molar-refractivity contribution is 9.10. The van der Waals surface area contributed by atoms with Gasteiger partial charge in [-0.2, -0.15) is 0 Å². The van der Waals surface area contributed by atoms with Gasteiger partial charge in [-0.15, -0.1) is 12.4 Å². The fourth-order valence-electron chi connectivity index (χ4n) is 3.56. The number of nitro groups is 1. The van der Waals surface area contributed by atoms with Crippen LogP contribution >= 0.6 is 28.3 Å². The van der Waals surface area contributed by atoms with Gasteiger partial charge in [0.1, 0.15) is 10.3 Å². The molecule has 3 rings (SSSR count). The number of nitrogens with one attached hydrogen (secondary N) is 1. The molecular weight excluding hydrogens is 405 g/mol. The zero-order valence-electron chi connectivity index (χ0n) is 13.0. The summed E-state index contributed by atoms with van der Waals surface area (Å²) in [4.78, 5) is 24.6. The van der Waals surface area contributed by atoms with Gasteiger partial charge in [0.2, 0.25) is 0 Å². The molecule has 0 aromatic heterocycles. The minimum absolute atomic E-state index is 0. The number of fused-ring (bicyclic) bond motifs is 2. The molecule has 6 nitrogen and oxygen atoms in total. The van der Waals surface area contributed by atoms with Crippen molar-refractivity contribution in [3.05, 3.63) is 38.1 Å². The molecule has 0 aliphatic carbocycles. The van der Waals surface area contributed by atoms with Crippen molar-refractivity contribution < 1.29 is 14.1 Å². The number of benzene rings is 1. The first-order chi connectivity index (χ1) is 10.9. The molecule has 2 unspecified atom stereocenters. The monoisotopic (exact) mass is 421 g/mol. The molecule has 1 aromatic rings. The van der Waals surface area contributed by atoms with Crippen LogP contribution in [0.25, 0.3) is 0 Å². The molecule has 1 aromatic carbocycles. The Morgan fingerprint density at radius 3 is 2.50 bits per heavy atom. The van der Waals surface area contributed by atoms with Crippen molar-refractivity contribution in [3.8, 4) is 0 Å². The predicted octanol–water partition coefficient (Wildman–Crippen LogP) is 3.27. The van der Waals surface area contributed by atoms with Crippen molar-refractivity contribution in [1.82, 2.24) is 10.2 Å². The second-order valence-electron chi connectivity index (χ2n) is 6.22. The lowest BCUT2D eigenvalue weighted by Gasteiger charge is -2.35. The molecule has 0 saturated carbocycles. The fraction of sp³-hybridized carbons (Fsp3) is 0.533. The summed E-state index contributed by atoms with van der Waals surface area (Å²) < 4.78 is 13.7. The fourth-order valence-corrected chi connectivity index (χ4v) is 4.11. The number of hydrogen-bond donors (Lipinski definition) is 1. The van der Waals surface area contributed by atoms with E-state index in [2.05, 4.69) is 21.2 Å². The average molecular weight is 423 g/mol. The van der Waals surface area contributed by atoms with Crippen LogP contribution in [0.4, 0.5) is 10.1 Å². The maximum Gasteiger partial charge on any atom is 0.287 e. The van der Waals surface area contributed by atoms with Crippen molar-refractivity contribution in [1.29, 1.82) is 0 Å². The molecule has 0 spiro atoms. The van der Waals surface area contributed by atoms with E-state index < -0.39 is 22.3 Å². The molecule has 2 bridgehead atoms. The van der Waals surface area contributed by atoms with Crippen molar-refractivity contribution >= 4 is 39.9 Å². The third kappa shape index (κ3) is 3.55. The third-order valence-corrected chi connectivity index (χ3v) is 5.59. The van der Waals surface area contributed by atoms with Gasteiger partial charge in [-0.1, -0.05) is 0 Å². The topological polar surface area (TPSA) is 75.5 Å². The Kier molecular flexibility index (Phi) is 5.83. The molecule has 0 radical (unpaired) electrons. The average Bonchev–Trinajstić information content (AvgIpc) is 2.85. The molecule has 24 heavy (non-hydrogen) atoms. The summed E-state index contributed by atoms with van der Waals surface area (Å²) in [6.45, 7) is 0. The van der Waals surface area contributed by atoms with Gasteiger partial charge in [0, 0.05) is 25.2 Å². The molecule has 2 atom stereocenters. The van der Waals surface area contributed by atoms with Crippen molar-refractivity contribution in [2.75, 3.05) is 7.05 Å². The summed E-state index contributed by atoms with van der Waals surface area (Å²) in [5.41, 5.74) is -0.447. The summed E-state index contributed by atoms with van der Waals surface area (Å²) in [6, 6.07) is 2.76. The van der Waals surface area contributed by atoms with Gasteiger partial charge in [0.15, 0.2) is 0 Å². The molecule has 2 saturated heterocycles. The predicted molar refractivity (Wildman–Crippen MR) is 93.1 cm³/mol. The quantitative estimate of drug-likeness (QED) is 0.599. The second-order valence-corrected chi connectivity index (χ2v) is 7.02. The third-order valence-electron chi connectivity index (χ3n) is 4.76. The van der Waals surface area contributed by atoms with Gasteiger partial charge in [-0.25, -0.2) is 4.39 Å². The summed E-state index contributed by atoms with van der Waals surface area (Å²) in [5, 5.41) is 14.5. The molecule has 132 valence electrons. The van der Waals surface area contributed by atoms with Crippen LogP contribution in [-0.2, 0) is 0 Å². The van der Waals surface area contributed by atoms with Gasteiger partial charge in [-0.05, 0) is 47.7 Å². The molecule has 1 N–H and O–H groups in total. The van der Waals surface area contributed by atoms with Crippen LogP contribution in [0.3, 0.4) is 0 Å². The number of rotatable bonds is 3. The van der Waals surface area contributed by atoms with E-state index in [1.54, 1.807) is 11.9 Å². The summed E-state index contributed by atoms with van der Waals surface area (Å²) in [6.07, 6.45) is 3.93. The number of piperidine rings is 1. The number of halogens is 3. The first-order valence-corrected chi connectivity index (χ1v) is 8.32. The number of carbonyl (C=O) groups excluding carboxylic acids is 1. The second kappa shape index (κ2) is 7.33. The molecule has 2 fully saturated rings. The van der Waals surface area contributed by atoms with E-state index >= 15 is 0 Å². The Bertz CT molecular complexity index is 664. The lowest BCUT2D eigenvalue weighted by atomic mass is 9.98. The summed E-state index contributed by atoms with van der Waals surface area (Å²) in [7, 11) is 1.68. The van der Waals surface area contributed by atoms with E-state index in [-0.39, 0.29) is 28.5 Å². The first kappa shape index (κ1) is 19.1. The standard InChI is InChI=1S/C15H17BrFN3O3.ClH/c1-19(11-6-9-2-3-10(7-11)18-9)15(21)12-4-8(17)5-13(14(12)16)20(22)23;/h4-5,9-11,18H,2-3,6-7H2,1H3;1H. The molecule has 9 heteroatoms. The Morgan fingerprint density at radius 2 is 1.96 bits per heavy atom. The minimum Gasteiger partial charge on any atom is -0.339 e. The van der Waals surface area contributed by atoms with E-state index in [1.807, 2.05) is 0 Å². The number of nitrogens with zero attached hydrogens (tertiary/aromatic N) is 2. The molecule has 1 amide bonds. The number of carbonyl (C=O) groups is 1. The highest BCUT2D eigenvalue weighted by Gasteiger charge is 2.37. The van der Waals surface area contributed by atoms with Crippen LogP contribution in [-0.4, -0.2) is 40.9 Å². The molecule has 2 aliphatic rings. The molecular formula is C15H18BrClFN3O3. The minimum atomic E-state index is -0.790. The Hall–Kier alpha value is -1.25. The van der Waals surface area contributed by atoms with Crippen molar-refractivity contribution in [2.45, 2.75) is 43.8 Å².